The lowest BCUT2D eigenvalue weighted by Crippen LogP contribution is -1.89. The van der Waals surface area contributed by atoms with Gasteiger partial charge in [-0.15, -0.1) is 0 Å². The van der Waals surface area contributed by atoms with Gasteiger partial charge >= 0.3 is 0 Å². The summed E-state index contributed by atoms with van der Waals surface area (Å²) in [6.45, 7) is 6.29. The van der Waals surface area contributed by atoms with Crippen LogP contribution in [-0.4, -0.2) is 4.98 Å². The summed E-state index contributed by atoms with van der Waals surface area (Å²) >= 11 is 0. The third-order valence-corrected chi connectivity index (χ3v) is 2.21. The number of halogens is 1. The molecule has 0 aliphatic heterocycles. The molecule has 0 radical (unpaired) electrons. The first-order valence-corrected chi connectivity index (χ1v) is 6.57. The van der Waals surface area contributed by atoms with Gasteiger partial charge in [0.1, 0.15) is 17.3 Å². The van der Waals surface area contributed by atoms with Gasteiger partial charge in [-0.1, -0.05) is 27.2 Å². The highest BCUT2D eigenvalue weighted by molar-refractivity contribution is 5.29. The van der Waals surface area contributed by atoms with E-state index in [-0.39, 0.29) is 5.82 Å². The third kappa shape index (κ3) is 5.51. The van der Waals surface area contributed by atoms with E-state index in [4.69, 9.17) is 4.74 Å². The van der Waals surface area contributed by atoms with Gasteiger partial charge < -0.3 is 4.74 Å². The van der Waals surface area contributed by atoms with E-state index in [1.807, 2.05) is 19.1 Å². The number of pyridine rings is 1. The smallest absolute Gasteiger partial charge is 0.145 e. The molecule has 102 valence electrons. The number of nitrogens with zero attached hydrogens (tertiary/aromatic N) is 1. The van der Waals surface area contributed by atoms with Crippen molar-refractivity contribution in [1.29, 1.82) is 0 Å². The number of aryl methyl sites for hydroxylation is 1. The molecule has 1 aromatic carbocycles. The van der Waals surface area contributed by atoms with Crippen LogP contribution in [0.2, 0.25) is 0 Å². The highest BCUT2D eigenvalue weighted by atomic mass is 19.1. The van der Waals surface area contributed by atoms with E-state index in [9.17, 15) is 4.39 Å². The number of aromatic nitrogens is 1. The van der Waals surface area contributed by atoms with Crippen molar-refractivity contribution in [2.75, 3.05) is 0 Å². The molecule has 0 saturated carbocycles. The molecule has 0 amide bonds. The zero-order valence-electron chi connectivity index (χ0n) is 11.7. The maximum absolute atomic E-state index is 12.7. The third-order valence-electron chi connectivity index (χ3n) is 2.21. The van der Waals surface area contributed by atoms with Gasteiger partial charge in [0.2, 0.25) is 0 Å². The lowest BCUT2D eigenvalue weighted by atomic mass is 10.3. The van der Waals surface area contributed by atoms with Gasteiger partial charge in [0.15, 0.2) is 0 Å². The van der Waals surface area contributed by atoms with Crippen LogP contribution in [-0.2, 0) is 6.42 Å². The molecule has 0 spiro atoms. The van der Waals surface area contributed by atoms with Gasteiger partial charge in [-0.3, -0.25) is 4.98 Å². The molecule has 2 rings (SSSR count). The largest absolute Gasteiger partial charge is 0.456 e. The van der Waals surface area contributed by atoms with Gasteiger partial charge in [-0.2, -0.15) is 0 Å². The average Bonchev–Trinajstić information content (AvgIpc) is 2.43. The lowest BCUT2D eigenvalue weighted by Gasteiger charge is -2.05. The summed E-state index contributed by atoms with van der Waals surface area (Å²) < 4.78 is 18.2. The Kier molecular flexibility index (Phi) is 6.58. The number of hydrogen-bond acceptors (Lipinski definition) is 2. The van der Waals surface area contributed by atoms with E-state index in [0.29, 0.717) is 11.5 Å². The van der Waals surface area contributed by atoms with Crippen molar-refractivity contribution in [2.24, 2.45) is 0 Å². The second-order valence-electron chi connectivity index (χ2n) is 4.10. The molecule has 19 heavy (non-hydrogen) atoms. The van der Waals surface area contributed by atoms with E-state index >= 15 is 0 Å². The quantitative estimate of drug-likeness (QED) is 0.776. The monoisotopic (exact) mass is 261 g/mol. The second kappa shape index (κ2) is 8.25. The normalized spacial score (nSPS) is 9.47. The molecule has 3 heteroatoms. The van der Waals surface area contributed by atoms with Crippen molar-refractivity contribution >= 4 is 0 Å². The van der Waals surface area contributed by atoms with Crippen molar-refractivity contribution in [3.8, 4) is 11.5 Å². The maximum atomic E-state index is 12.7. The Morgan fingerprint density at radius 3 is 2.00 bits per heavy atom. The van der Waals surface area contributed by atoms with Crippen LogP contribution in [0, 0.1) is 5.82 Å². The molecule has 0 saturated heterocycles. The fraction of sp³-hybridized carbons (Fsp3) is 0.312. The maximum Gasteiger partial charge on any atom is 0.145 e. The van der Waals surface area contributed by atoms with Gasteiger partial charge in [0, 0.05) is 5.69 Å². The van der Waals surface area contributed by atoms with Gasteiger partial charge in [0.25, 0.3) is 0 Å². The molecule has 0 bridgehead atoms. The van der Waals surface area contributed by atoms with E-state index in [1.54, 1.807) is 18.3 Å². The Morgan fingerprint density at radius 1 is 0.947 bits per heavy atom. The molecule has 2 nitrogen and oxygen atoms in total. The lowest BCUT2D eigenvalue weighted by molar-refractivity contribution is 0.478. The molecular weight excluding hydrogens is 241 g/mol. The van der Waals surface area contributed by atoms with Crippen LogP contribution >= 0.6 is 0 Å². The average molecular weight is 261 g/mol. The van der Waals surface area contributed by atoms with Crippen molar-refractivity contribution in [3.63, 3.8) is 0 Å². The van der Waals surface area contributed by atoms with Crippen LogP contribution in [0.1, 0.15) is 32.9 Å². The van der Waals surface area contributed by atoms with Crippen molar-refractivity contribution in [1.82, 2.24) is 4.98 Å². The van der Waals surface area contributed by atoms with Crippen molar-refractivity contribution < 1.29 is 9.13 Å². The molecular formula is C16H20FNO. The molecule has 1 heterocycles. The number of benzene rings is 1. The number of ether oxygens (including phenoxy) is 1. The molecule has 0 unspecified atom stereocenters. The van der Waals surface area contributed by atoms with Crippen LogP contribution in [0.25, 0.3) is 0 Å². The minimum atomic E-state index is -0.271. The minimum absolute atomic E-state index is 0.271. The molecule has 0 N–H and O–H groups in total. The Balaban J connectivity index is 0.000000550. The first-order chi connectivity index (χ1) is 9.19. The fourth-order valence-corrected chi connectivity index (χ4v) is 1.32. The van der Waals surface area contributed by atoms with E-state index in [0.717, 1.165) is 12.1 Å². The number of rotatable bonds is 3. The minimum Gasteiger partial charge on any atom is -0.456 e. The topological polar surface area (TPSA) is 22.1 Å². The predicted octanol–water partition coefficient (Wildman–Crippen LogP) is 4.99. The molecule has 0 fully saturated rings. The Hall–Kier alpha value is -1.90. The summed E-state index contributed by atoms with van der Waals surface area (Å²) in [4.78, 5) is 4.21. The Bertz CT molecular complexity index is 465. The predicted molar refractivity (Wildman–Crippen MR) is 76.1 cm³/mol. The number of hydrogen-bond donors (Lipinski definition) is 0. The Morgan fingerprint density at radius 2 is 1.53 bits per heavy atom. The summed E-state index contributed by atoms with van der Waals surface area (Å²) in [5.41, 5.74) is 1.02. The van der Waals surface area contributed by atoms with Crippen LogP contribution in [0.4, 0.5) is 4.39 Å². The first-order valence-electron chi connectivity index (χ1n) is 6.57. The van der Waals surface area contributed by atoms with E-state index in [1.165, 1.54) is 18.6 Å². The standard InChI is InChI=1S/C13H12FNO.C3H8/c1-2-11-5-8-13(9-15-11)16-12-6-3-10(14)4-7-12;1-3-2/h3-9H,2H2,1H3;3H2,1-2H3. The molecule has 2 aromatic rings. The summed E-state index contributed by atoms with van der Waals surface area (Å²) in [6.07, 6.45) is 3.82. The highest BCUT2D eigenvalue weighted by Gasteiger charge is 1.98. The highest BCUT2D eigenvalue weighted by Crippen LogP contribution is 2.20. The zero-order valence-corrected chi connectivity index (χ0v) is 11.7. The molecule has 1 aromatic heterocycles. The van der Waals surface area contributed by atoms with Gasteiger partial charge in [-0.25, -0.2) is 4.39 Å². The summed E-state index contributed by atoms with van der Waals surface area (Å²) in [6, 6.07) is 9.67. The summed E-state index contributed by atoms with van der Waals surface area (Å²) in [7, 11) is 0. The molecule has 0 atom stereocenters. The summed E-state index contributed by atoms with van der Waals surface area (Å²) in [5, 5.41) is 0. The first kappa shape index (κ1) is 15.2. The van der Waals surface area contributed by atoms with Crippen LogP contribution < -0.4 is 4.74 Å². The van der Waals surface area contributed by atoms with Crippen molar-refractivity contribution in [2.45, 2.75) is 33.6 Å². The van der Waals surface area contributed by atoms with Crippen LogP contribution in [0.3, 0.4) is 0 Å². The van der Waals surface area contributed by atoms with Gasteiger partial charge in [0.05, 0.1) is 6.20 Å². The fourth-order valence-electron chi connectivity index (χ4n) is 1.32. The Labute approximate surface area is 114 Å². The summed E-state index contributed by atoms with van der Waals surface area (Å²) in [5.74, 6) is 0.989. The molecule has 0 aliphatic carbocycles. The van der Waals surface area contributed by atoms with Crippen LogP contribution in [0.15, 0.2) is 42.6 Å². The van der Waals surface area contributed by atoms with Gasteiger partial charge in [-0.05, 0) is 42.8 Å². The molecule has 0 aliphatic rings. The van der Waals surface area contributed by atoms with Crippen molar-refractivity contribution in [3.05, 3.63) is 54.1 Å². The second-order valence-corrected chi connectivity index (χ2v) is 4.10. The van der Waals surface area contributed by atoms with Crippen LogP contribution in [0.5, 0.6) is 11.5 Å². The zero-order chi connectivity index (χ0) is 14.1. The SMILES string of the molecule is CCC.CCc1ccc(Oc2ccc(F)cc2)cn1. The van der Waals surface area contributed by atoms with E-state index < -0.39 is 0 Å². The van der Waals surface area contributed by atoms with E-state index in [2.05, 4.69) is 18.8 Å².